The lowest BCUT2D eigenvalue weighted by molar-refractivity contribution is 0.0687. The number of methoxy groups -OCH3 is 1. The number of carboxylic acids is 1. The molecule has 0 saturated carbocycles. The van der Waals surface area contributed by atoms with Crippen molar-refractivity contribution < 1.29 is 14.6 Å². The van der Waals surface area contributed by atoms with Crippen LogP contribution in [0.2, 0.25) is 0 Å². The van der Waals surface area contributed by atoms with Crippen LogP contribution in [0.5, 0.6) is 5.75 Å². The molecule has 6 heteroatoms. The number of fused-ring (bicyclic) bond motifs is 1. The van der Waals surface area contributed by atoms with Crippen molar-refractivity contribution in [2.24, 2.45) is 0 Å². The van der Waals surface area contributed by atoms with Crippen LogP contribution < -0.4 is 10.2 Å². The first-order valence-corrected chi connectivity index (χ1v) is 6.51. The predicted molar refractivity (Wildman–Crippen MR) is 80.9 cm³/mol. The normalized spacial score (nSPS) is 10.6. The smallest absolute Gasteiger partial charge is 0.360 e. The zero-order valence-corrected chi connectivity index (χ0v) is 11.7. The number of carboxylic acid groups (broad SMARTS) is 1. The predicted octanol–water partition coefficient (Wildman–Crippen LogP) is 2.09. The first-order valence-electron chi connectivity index (χ1n) is 6.51. The molecule has 2 aromatic carbocycles. The number of ether oxygens (including phenoxy) is 1. The molecule has 0 aliphatic rings. The number of nitrogens with zero attached hydrogens (tertiary/aromatic N) is 2. The first kappa shape index (κ1) is 13.8. The second-order valence-electron chi connectivity index (χ2n) is 4.61. The zero-order valence-electron chi connectivity index (χ0n) is 11.7. The van der Waals surface area contributed by atoms with Crippen LogP contribution in [0.3, 0.4) is 0 Å². The molecule has 0 atom stereocenters. The summed E-state index contributed by atoms with van der Waals surface area (Å²) in [5.74, 6) is -0.675. The molecule has 3 rings (SSSR count). The minimum Gasteiger partial charge on any atom is -0.497 e. The van der Waals surface area contributed by atoms with E-state index in [9.17, 15) is 14.7 Å². The van der Waals surface area contributed by atoms with Crippen molar-refractivity contribution in [2.75, 3.05) is 7.11 Å². The molecule has 0 unspecified atom stereocenters. The molecule has 1 N–H and O–H groups in total. The van der Waals surface area contributed by atoms with E-state index in [0.29, 0.717) is 22.3 Å². The molecule has 0 amide bonds. The number of carbonyl (C=O) groups is 1. The summed E-state index contributed by atoms with van der Waals surface area (Å²) in [4.78, 5) is 23.4. The second kappa shape index (κ2) is 5.33. The number of hydrogen-bond acceptors (Lipinski definition) is 4. The van der Waals surface area contributed by atoms with E-state index in [2.05, 4.69) is 5.10 Å². The van der Waals surface area contributed by atoms with Gasteiger partial charge in [-0.2, -0.15) is 5.10 Å². The van der Waals surface area contributed by atoms with Crippen LogP contribution >= 0.6 is 0 Å². The summed E-state index contributed by atoms with van der Waals surface area (Å²) < 4.78 is 6.54. The molecule has 22 heavy (non-hydrogen) atoms. The fourth-order valence-corrected chi connectivity index (χ4v) is 2.24. The number of hydrogen-bond donors (Lipinski definition) is 1. The third-order valence-corrected chi connectivity index (χ3v) is 3.31. The van der Waals surface area contributed by atoms with Gasteiger partial charge in [0, 0.05) is 0 Å². The number of para-hydroxylation sites is 1. The molecule has 3 aromatic rings. The zero-order chi connectivity index (χ0) is 15.7. The van der Waals surface area contributed by atoms with Crippen molar-refractivity contribution in [1.29, 1.82) is 0 Å². The molecule has 0 fully saturated rings. The van der Waals surface area contributed by atoms with Gasteiger partial charge in [0.25, 0.3) is 0 Å². The molecule has 0 radical (unpaired) electrons. The van der Waals surface area contributed by atoms with Gasteiger partial charge < -0.3 is 9.84 Å². The number of aromatic nitrogens is 2. The minimum atomic E-state index is -1.35. The number of rotatable bonds is 3. The van der Waals surface area contributed by atoms with Crippen LogP contribution in [0.4, 0.5) is 0 Å². The number of aromatic carboxylic acids is 1. The van der Waals surface area contributed by atoms with Gasteiger partial charge in [-0.15, -0.1) is 0 Å². The molecule has 1 heterocycles. The largest absolute Gasteiger partial charge is 0.497 e. The third-order valence-electron chi connectivity index (χ3n) is 3.31. The van der Waals surface area contributed by atoms with Gasteiger partial charge in [0.15, 0.2) is 0 Å². The van der Waals surface area contributed by atoms with Gasteiger partial charge in [0.1, 0.15) is 5.75 Å². The van der Waals surface area contributed by atoms with E-state index in [1.54, 1.807) is 55.6 Å². The van der Waals surface area contributed by atoms with Crippen molar-refractivity contribution in [2.45, 2.75) is 0 Å². The van der Waals surface area contributed by atoms with Crippen molar-refractivity contribution in [1.82, 2.24) is 9.78 Å². The Balaban J connectivity index is 2.34. The van der Waals surface area contributed by atoms with Crippen LogP contribution in [-0.4, -0.2) is 28.0 Å². The fourth-order valence-electron chi connectivity index (χ4n) is 2.24. The average Bonchev–Trinajstić information content (AvgIpc) is 2.55. The molecule has 1 aromatic heterocycles. The lowest BCUT2D eigenvalue weighted by Crippen LogP contribution is -2.22. The van der Waals surface area contributed by atoms with Gasteiger partial charge >= 0.3 is 5.97 Å². The SMILES string of the molecule is COc1ccc(-n2nc(C(=O)O)c(=O)c3ccccc32)cc1. The van der Waals surface area contributed by atoms with Crippen LogP contribution in [0, 0.1) is 0 Å². The molecule has 6 nitrogen and oxygen atoms in total. The summed E-state index contributed by atoms with van der Waals surface area (Å²) in [7, 11) is 1.56. The van der Waals surface area contributed by atoms with E-state index >= 15 is 0 Å². The summed E-state index contributed by atoms with van der Waals surface area (Å²) >= 11 is 0. The second-order valence-corrected chi connectivity index (χ2v) is 4.61. The average molecular weight is 296 g/mol. The van der Waals surface area contributed by atoms with Gasteiger partial charge in [-0.05, 0) is 36.4 Å². The highest BCUT2D eigenvalue weighted by molar-refractivity contribution is 5.90. The lowest BCUT2D eigenvalue weighted by atomic mass is 10.2. The highest BCUT2D eigenvalue weighted by Gasteiger charge is 2.16. The Kier molecular flexibility index (Phi) is 3.34. The minimum absolute atomic E-state index is 0.311. The summed E-state index contributed by atoms with van der Waals surface area (Å²) in [5, 5.41) is 13.5. The highest BCUT2D eigenvalue weighted by Crippen LogP contribution is 2.18. The fraction of sp³-hybridized carbons (Fsp3) is 0.0625. The molecule has 0 aliphatic carbocycles. The van der Waals surface area contributed by atoms with E-state index < -0.39 is 17.1 Å². The third kappa shape index (κ3) is 2.20. The molecular weight excluding hydrogens is 284 g/mol. The Labute approximate surface area is 125 Å². The maximum absolute atomic E-state index is 12.2. The lowest BCUT2D eigenvalue weighted by Gasteiger charge is -2.11. The van der Waals surface area contributed by atoms with Crippen molar-refractivity contribution in [3.8, 4) is 11.4 Å². The summed E-state index contributed by atoms with van der Waals surface area (Å²) in [6.07, 6.45) is 0. The number of benzene rings is 2. The highest BCUT2D eigenvalue weighted by atomic mass is 16.5. The van der Waals surface area contributed by atoms with Gasteiger partial charge in [-0.1, -0.05) is 12.1 Å². The van der Waals surface area contributed by atoms with Crippen molar-refractivity contribution in [3.05, 3.63) is 64.4 Å². The Hall–Kier alpha value is -3.15. The monoisotopic (exact) mass is 296 g/mol. The summed E-state index contributed by atoms with van der Waals surface area (Å²) in [6.45, 7) is 0. The van der Waals surface area contributed by atoms with E-state index in [4.69, 9.17) is 4.74 Å². The Morgan fingerprint density at radius 3 is 2.45 bits per heavy atom. The first-order chi connectivity index (χ1) is 10.6. The molecular formula is C16H12N2O4. The Bertz CT molecular complexity index is 914. The van der Waals surface area contributed by atoms with Crippen molar-refractivity contribution >= 4 is 16.9 Å². The van der Waals surface area contributed by atoms with Gasteiger partial charge in [0.05, 0.1) is 23.7 Å². The van der Waals surface area contributed by atoms with E-state index in [1.165, 1.54) is 4.68 Å². The van der Waals surface area contributed by atoms with E-state index in [0.717, 1.165) is 0 Å². The van der Waals surface area contributed by atoms with E-state index in [-0.39, 0.29) is 0 Å². The topological polar surface area (TPSA) is 81.4 Å². The van der Waals surface area contributed by atoms with Crippen LogP contribution in [0.25, 0.3) is 16.6 Å². The van der Waals surface area contributed by atoms with Gasteiger partial charge in [-0.25, -0.2) is 9.48 Å². The van der Waals surface area contributed by atoms with Gasteiger partial charge in [0.2, 0.25) is 11.1 Å². The van der Waals surface area contributed by atoms with Crippen LogP contribution in [0.1, 0.15) is 10.5 Å². The molecule has 0 aliphatic heterocycles. The summed E-state index contributed by atoms with van der Waals surface area (Å²) in [5.41, 5.74) is 0.0875. The maximum atomic E-state index is 12.2. The quantitative estimate of drug-likeness (QED) is 0.800. The maximum Gasteiger partial charge on any atom is 0.360 e. The molecule has 110 valence electrons. The Morgan fingerprint density at radius 1 is 1.14 bits per heavy atom. The molecule has 0 bridgehead atoms. The van der Waals surface area contributed by atoms with E-state index in [1.807, 2.05) is 0 Å². The van der Waals surface area contributed by atoms with Crippen LogP contribution in [-0.2, 0) is 0 Å². The standard InChI is InChI=1S/C16H12N2O4/c1-22-11-8-6-10(7-9-11)18-13-5-3-2-4-12(13)15(19)14(17-18)16(20)21/h2-9H,1H3,(H,20,21). The summed E-state index contributed by atoms with van der Waals surface area (Å²) in [6, 6.07) is 13.7. The van der Waals surface area contributed by atoms with Gasteiger partial charge in [-0.3, -0.25) is 4.79 Å². The van der Waals surface area contributed by atoms with Crippen molar-refractivity contribution in [3.63, 3.8) is 0 Å². The van der Waals surface area contributed by atoms with Crippen LogP contribution in [0.15, 0.2) is 53.3 Å². The molecule has 0 saturated heterocycles. The Morgan fingerprint density at radius 2 is 1.82 bits per heavy atom. The molecule has 0 spiro atoms.